The molecule has 100 valence electrons. The molecular formula is C14H28N2O. The molecule has 0 saturated carbocycles. The highest BCUT2D eigenvalue weighted by atomic mass is 16.2. The molecule has 0 aliphatic carbocycles. The van der Waals surface area contributed by atoms with Gasteiger partial charge in [0.1, 0.15) is 0 Å². The van der Waals surface area contributed by atoms with E-state index in [4.69, 9.17) is 0 Å². The molecule has 1 rings (SSSR count). The van der Waals surface area contributed by atoms with Crippen molar-refractivity contribution in [3.63, 3.8) is 0 Å². The molecule has 0 aromatic carbocycles. The average molecular weight is 240 g/mol. The molecule has 1 aliphatic rings. The van der Waals surface area contributed by atoms with Gasteiger partial charge in [0.05, 0.1) is 0 Å². The number of hydrogen-bond acceptors (Lipinski definition) is 2. The Morgan fingerprint density at radius 1 is 1.00 bits per heavy atom. The molecule has 1 aliphatic heterocycles. The van der Waals surface area contributed by atoms with Gasteiger partial charge in [-0.25, -0.2) is 0 Å². The molecule has 1 heterocycles. The molecule has 0 radical (unpaired) electrons. The highest BCUT2D eigenvalue weighted by Gasteiger charge is 2.21. The minimum atomic E-state index is 0.337. The maximum absolute atomic E-state index is 11.9. The van der Waals surface area contributed by atoms with Crippen LogP contribution in [0.1, 0.15) is 40.5 Å². The summed E-state index contributed by atoms with van der Waals surface area (Å²) in [5.74, 6) is 1.58. The van der Waals surface area contributed by atoms with Gasteiger partial charge in [-0.05, 0) is 24.8 Å². The van der Waals surface area contributed by atoms with Crippen LogP contribution in [0.2, 0.25) is 0 Å². The number of amides is 1. The van der Waals surface area contributed by atoms with Crippen LogP contribution in [0.15, 0.2) is 0 Å². The summed E-state index contributed by atoms with van der Waals surface area (Å²) in [6, 6.07) is 0. The van der Waals surface area contributed by atoms with E-state index in [1.807, 2.05) is 4.90 Å². The zero-order chi connectivity index (χ0) is 12.8. The minimum Gasteiger partial charge on any atom is -0.340 e. The van der Waals surface area contributed by atoms with Gasteiger partial charge in [0.25, 0.3) is 0 Å². The first-order valence-corrected chi connectivity index (χ1v) is 6.99. The van der Waals surface area contributed by atoms with Crippen LogP contribution in [0, 0.1) is 11.8 Å². The predicted molar refractivity (Wildman–Crippen MR) is 71.9 cm³/mol. The molecular weight excluding hydrogens is 212 g/mol. The average Bonchev–Trinajstić information content (AvgIpc) is 2.26. The molecule has 0 atom stereocenters. The lowest BCUT2D eigenvalue weighted by Gasteiger charge is -2.35. The predicted octanol–water partition coefficient (Wildman–Crippen LogP) is 2.22. The van der Waals surface area contributed by atoms with Crippen molar-refractivity contribution in [2.45, 2.75) is 40.5 Å². The summed E-state index contributed by atoms with van der Waals surface area (Å²) in [4.78, 5) is 16.4. The lowest BCUT2D eigenvalue weighted by molar-refractivity contribution is -0.133. The number of rotatable bonds is 5. The zero-order valence-electron chi connectivity index (χ0n) is 11.9. The Balaban J connectivity index is 2.23. The van der Waals surface area contributed by atoms with Gasteiger partial charge in [-0.3, -0.25) is 9.69 Å². The molecule has 0 spiro atoms. The fourth-order valence-electron chi connectivity index (χ4n) is 2.14. The van der Waals surface area contributed by atoms with Crippen molar-refractivity contribution < 1.29 is 4.79 Å². The second-order valence-electron chi connectivity index (χ2n) is 6.00. The molecule has 3 nitrogen and oxygen atoms in total. The second kappa shape index (κ2) is 7.00. The van der Waals surface area contributed by atoms with Gasteiger partial charge in [0, 0.05) is 32.6 Å². The highest BCUT2D eigenvalue weighted by molar-refractivity contribution is 5.76. The Morgan fingerprint density at radius 2 is 1.59 bits per heavy atom. The van der Waals surface area contributed by atoms with Crippen LogP contribution in [0.3, 0.4) is 0 Å². The summed E-state index contributed by atoms with van der Waals surface area (Å²) < 4.78 is 0. The van der Waals surface area contributed by atoms with Crippen LogP contribution in [-0.4, -0.2) is 48.4 Å². The minimum absolute atomic E-state index is 0.337. The topological polar surface area (TPSA) is 23.6 Å². The van der Waals surface area contributed by atoms with E-state index in [1.165, 1.54) is 13.0 Å². The maximum atomic E-state index is 11.9. The van der Waals surface area contributed by atoms with Crippen LogP contribution in [0.5, 0.6) is 0 Å². The maximum Gasteiger partial charge on any atom is 0.222 e. The third-order valence-corrected chi connectivity index (χ3v) is 3.33. The SMILES string of the molecule is CC(C)CCN1CCN(C(=O)CC(C)C)CC1. The zero-order valence-corrected chi connectivity index (χ0v) is 11.9. The Labute approximate surface area is 106 Å². The lowest BCUT2D eigenvalue weighted by Crippen LogP contribution is -2.49. The van der Waals surface area contributed by atoms with Crippen LogP contribution in [0.25, 0.3) is 0 Å². The summed E-state index contributed by atoms with van der Waals surface area (Å²) in [7, 11) is 0. The van der Waals surface area contributed by atoms with Crippen LogP contribution in [0.4, 0.5) is 0 Å². The molecule has 0 unspecified atom stereocenters. The Kier molecular flexibility index (Phi) is 5.96. The van der Waals surface area contributed by atoms with E-state index in [0.717, 1.165) is 32.1 Å². The first kappa shape index (κ1) is 14.5. The molecule has 17 heavy (non-hydrogen) atoms. The summed E-state index contributed by atoms with van der Waals surface area (Å²) in [6.07, 6.45) is 1.96. The fourth-order valence-corrected chi connectivity index (χ4v) is 2.14. The van der Waals surface area contributed by atoms with Crippen LogP contribution in [-0.2, 0) is 4.79 Å². The third-order valence-electron chi connectivity index (χ3n) is 3.33. The Hall–Kier alpha value is -0.570. The highest BCUT2D eigenvalue weighted by Crippen LogP contribution is 2.09. The van der Waals surface area contributed by atoms with Crippen LogP contribution >= 0.6 is 0 Å². The van der Waals surface area contributed by atoms with Crippen LogP contribution < -0.4 is 0 Å². The number of nitrogens with zero attached hydrogens (tertiary/aromatic N) is 2. The molecule has 3 heteroatoms. The van der Waals surface area contributed by atoms with Crippen molar-refractivity contribution in [1.82, 2.24) is 9.80 Å². The van der Waals surface area contributed by atoms with E-state index in [2.05, 4.69) is 32.6 Å². The van der Waals surface area contributed by atoms with Gasteiger partial charge in [0.2, 0.25) is 5.91 Å². The normalized spacial score (nSPS) is 18.1. The van der Waals surface area contributed by atoms with E-state index in [9.17, 15) is 4.79 Å². The quantitative estimate of drug-likeness (QED) is 0.735. The van der Waals surface area contributed by atoms with E-state index < -0.39 is 0 Å². The molecule has 0 aromatic heterocycles. The van der Waals surface area contributed by atoms with E-state index in [0.29, 0.717) is 18.2 Å². The van der Waals surface area contributed by atoms with Gasteiger partial charge in [0.15, 0.2) is 0 Å². The van der Waals surface area contributed by atoms with Gasteiger partial charge in [-0.1, -0.05) is 27.7 Å². The van der Waals surface area contributed by atoms with Crippen molar-refractivity contribution in [2.75, 3.05) is 32.7 Å². The molecule has 0 bridgehead atoms. The van der Waals surface area contributed by atoms with Crippen molar-refractivity contribution in [1.29, 1.82) is 0 Å². The summed E-state index contributed by atoms with van der Waals surface area (Å²) in [5, 5.41) is 0. The monoisotopic (exact) mass is 240 g/mol. The third kappa shape index (κ3) is 5.53. The van der Waals surface area contributed by atoms with Gasteiger partial charge < -0.3 is 4.90 Å². The molecule has 1 saturated heterocycles. The van der Waals surface area contributed by atoms with Gasteiger partial charge in [-0.15, -0.1) is 0 Å². The summed E-state index contributed by atoms with van der Waals surface area (Å²) in [5.41, 5.74) is 0. The standard InChI is InChI=1S/C14H28N2O/c1-12(2)5-6-15-7-9-16(10-8-15)14(17)11-13(3)4/h12-13H,5-11H2,1-4H3. The van der Waals surface area contributed by atoms with E-state index >= 15 is 0 Å². The number of hydrogen-bond donors (Lipinski definition) is 0. The molecule has 0 aromatic rings. The number of carbonyl (C=O) groups excluding carboxylic acids is 1. The fraction of sp³-hybridized carbons (Fsp3) is 0.929. The van der Waals surface area contributed by atoms with E-state index in [1.54, 1.807) is 0 Å². The molecule has 1 fully saturated rings. The Bertz CT molecular complexity index is 230. The number of piperazine rings is 1. The van der Waals surface area contributed by atoms with Crippen molar-refractivity contribution in [3.8, 4) is 0 Å². The lowest BCUT2D eigenvalue weighted by atomic mass is 10.1. The van der Waals surface area contributed by atoms with Crippen molar-refractivity contribution in [2.24, 2.45) is 11.8 Å². The second-order valence-corrected chi connectivity index (χ2v) is 6.00. The van der Waals surface area contributed by atoms with Crippen molar-refractivity contribution >= 4 is 5.91 Å². The first-order valence-electron chi connectivity index (χ1n) is 6.99. The summed E-state index contributed by atoms with van der Waals surface area (Å²) in [6.45, 7) is 13.9. The van der Waals surface area contributed by atoms with Gasteiger partial charge >= 0.3 is 0 Å². The molecule has 1 amide bonds. The summed E-state index contributed by atoms with van der Waals surface area (Å²) >= 11 is 0. The molecule has 0 N–H and O–H groups in total. The largest absolute Gasteiger partial charge is 0.340 e. The van der Waals surface area contributed by atoms with Crippen molar-refractivity contribution in [3.05, 3.63) is 0 Å². The van der Waals surface area contributed by atoms with Gasteiger partial charge in [-0.2, -0.15) is 0 Å². The van der Waals surface area contributed by atoms with E-state index in [-0.39, 0.29) is 0 Å². The number of carbonyl (C=O) groups is 1. The first-order chi connectivity index (χ1) is 7.99. The smallest absolute Gasteiger partial charge is 0.222 e. The Morgan fingerprint density at radius 3 is 2.06 bits per heavy atom.